The van der Waals surface area contributed by atoms with Gasteiger partial charge in [-0.3, -0.25) is 0 Å². The van der Waals surface area contributed by atoms with E-state index in [2.05, 4.69) is 5.32 Å². The average molecular weight is 189 g/mol. The molecular formula is C10H23NO2. The zero-order chi connectivity index (χ0) is 10.3. The maximum absolute atomic E-state index is 9.87. The molecule has 0 aromatic carbocycles. The smallest absolute Gasteiger partial charge is 0.0766 e. The largest absolute Gasteiger partial charge is 0.392 e. The molecule has 0 aliphatic carbocycles. The Bertz CT molecular complexity index is 124. The highest BCUT2D eigenvalue weighted by Gasteiger charge is 2.21. The predicted octanol–water partition coefficient (Wildman–Crippen LogP) is 0.898. The van der Waals surface area contributed by atoms with Crippen LogP contribution in [0.15, 0.2) is 0 Å². The van der Waals surface area contributed by atoms with Crippen molar-refractivity contribution in [1.29, 1.82) is 0 Å². The first-order chi connectivity index (χ1) is 6.08. The molecular weight excluding hydrogens is 166 g/mol. The minimum absolute atomic E-state index is 0.294. The molecule has 1 atom stereocenters. The van der Waals surface area contributed by atoms with Gasteiger partial charge in [0.25, 0.3) is 0 Å². The Kier molecular flexibility index (Phi) is 6.29. The summed E-state index contributed by atoms with van der Waals surface area (Å²) < 4.78 is 0. The van der Waals surface area contributed by atoms with E-state index in [0.717, 1.165) is 19.3 Å². The van der Waals surface area contributed by atoms with Crippen molar-refractivity contribution < 1.29 is 10.2 Å². The first-order valence-electron chi connectivity index (χ1n) is 5.19. The lowest BCUT2D eigenvalue weighted by atomic mass is 9.97. The number of hydrogen-bond donors (Lipinski definition) is 3. The molecule has 80 valence electrons. The summed E-state index contributed by atoms with van der Waals surface area (Å²) in [6.07, 6.45) is 1.96. The molecule has 0 fully saturated rings. The molecule has 0 bridgehead atoms. The van der Waals surface area contributed by atoms with Gasteiger partial charge in [0, 0.05) is 13.1 Å². The van der Waals surface area contributed by atoms with Crippen LogP contribution in [0.25, 0.3) is 0 Å². The Morgan fingerprint density at radius 1 is 1.23 bits per heavy atom. The molecule has 0 saturated heterocycles. The van der Waals surface area contributed by atoms with E-state index >= 15 is 0 Å². The molecule has 0 heterocycles. The van der Waals surface area contributed by atoms with E-state index in [4.69, 9.17) is 0 Å². The van der Waals surface area contributed by atoms with Crippen LogP contribution in [0.2, 0.25) is 0 Å². The van der Waals surface area contributed by atoms with Gasteiger partial charge < -0.3 is 15.5 Å². The van der Waals surface area contributed by atoms with Gasteiger partial charge in [0.15, 0.2) is 0 Å². The number of rotatable bonds is 7. The topological polar surface area (TPSA) is 52.5 Å². The molecule has 0 spiro atoms. The van der Waals surface area contributed by atoms with E-state index in [-0.39, 0.29) is 6.10 Å². The zero-order valence-electron chi connectivity index (χ0n) is 9.01. The van der Waals surface area contributed by atoms with Crippen LogP contribution < -0.4 is 5.32 Å². The van der Waals surface area contributed by atoms with Gasteiger partial charge in [-0.25, -0.2) is 0 Å². The molecule has 0 saturated carbocycles. The van der Waals surface area contributed by atoms with E-state index in [0.29, 0.717) is 13.1 Å². The summed E-state index contributed by atoms with van der Waals surface area (Å²) in [5.74, 6) is 0. The van der Waals surface area contributed by atoms with Gasteiger partial charge in [0.05, 0.1) is 11.7 Å². The van der Waals surface area contributed by atoms with Gasteiger partial charge in [-0.2, -0.15) is 0 Å². The summed E-state index contributed by atoms with van der Waals surface area (Å²) in [7, 11) is 0. The predicted molar refractivity (Wildman–Crippen MR) is 54.7 cm³/mol. The highest BCUT2D eigenvalue weighted by atomic mass is 16.3. The Morgan fingerprint density at radius 3 is 2.15 bits per heavy atom. The zero-order valence-corrected chi connectivity index (χ0v) is 9.01. The highest BCUT2D eigenvalue weighted by molar-refractivity contribution is 4.77. The van der Waals surface area contributed by atoms with Crippen LogP contribution >= 0.6 is 0 Å². The summed E-state index contributed by atoms with van der Waals surface area (Å²) in [6.45, 7) is 7.02. The Labute approximate surface area is 81.2 Å². The molecule has 0 aliphatic rings. The molecule has 0 radical (unpaired) electrons. The first kappa shape index (κ1) is 12.9. The van der Waals surface area contributed by atoms with E-state index in [9.17, 15) is 10.2 Å². The van der Waals surface area contributed by atoms with E-state index in [1.54, 1.807) is 0 Å². The van der Waals surface area contributed by atoms with Crippen molar-refractivity contribution in [2.24, 2.45) is 0 Å². The lowest BCUT2D eigenvalue weighted by molar-refractivity contribution is 0.0293. The van der Waals surface area contributed by atoms with Crippen LogP contribution in [0.3, 0.4) is 0 Å². The Morgan fingerprint density at radius 2 is 1.77 bits per heavy atom. The minimum atomic E-state index is -0.604. The summed E-state index contributed by atoms with van der Waals surface area (Å²) in [5, 5.41) is 22.2. The van der Waals surface area contributed by atoms with Crippen LogP contribution in [0.4, 0.5) is 0 Å². The molecule has 1 unspecified atom stereocenters. The van der Waals surface area contributed by atoms with Crippen molar-refractivity contribution in [3.63, 3.8) is 0 Å². The van der Waals surface area contributed by atoms with Crippen LogP contribution in [-0.2, 0) is 0 Å². The van der Waals surface area contributed by atoms with E-state index in [1.807, 2.05) is 20.8 Å². The summed E-state index contributed by atoms with van der Waals surface area (Å²) in [6, 6.07) is 0. The molecule has 3 heteroatoms. The van der Waals surface area contributed by atoms with Gasteiger partial charge in [-0.1, -0.05) is 20.8 Å². The normalized spacial score (nSPS) is 14.5. The minimum Gasteiger partial charge on any atom is -0.392 e. The fourth-order valence-corrected chi connectivity index (χ4v) is 1.12. The standard InChI is InChI=1S/C10H23NO2/c1-4-9(12)7-11-8-10(13,5-2)6-3/h9,11-13H,4-8H2,1-3H3. The Hall–Kier alpha value is -0.120. The van der Waals surface area contributed by atoms with Crippen molar-refractivity contribution in [1.82, 2.24) is 5.32 Å². The van der Waals surface area contributed by atoms with Gasteiger partial charge >= 0.3 is 0 Å². The third-order valence-corrected chi connectivity index (χ3v) is 2.62. The van der Waals surface area contributed by atoms with Crippen molar-refractivity contribution in [3.8, 4) is 0 Å². The Balaban J connectivity index is 3.61. The average Bonchev–Trinajstić information content (AvgIpc) is 2.17. The number of aliphatic hydroxyl groups excluding tert-OH is 1. The van der Waals surface area contributed by atoms with Gasteiger partial charge in [0.2, 0.25) is 0 Å². The van der Waals surface area contributed by atoms with Crippen LogP contribution in [0, 0.1) is 0 Å². The molecule has 3 N–H and O–H groups in total. The number of hydrogen-bond acceptors (Lipinski definition) is 3. The second-order valence-corrected chi connectivity index (χ2v) is 3.62. The molecule has 0 aliphatic heterocycles. The summed E-state index contributed by atoms with van der Waals surface area (Å²) in [5.41, 5.74) is -0.604. The van der Waals surface area contributed by atoms with Gasteiger partial charge in [-0.15, -0.1) is 0 Å². The molecule has 0 rings (SSSR count). The summed E-state index contributed by atoms with van der Waals surface area (Å²) >= 11 is 0. The molecule has 0 aromatic heterocycles. The fraction of sp³-hybridized carbons (Fsp3) is 1.00. The van der Waals surface area contributed by atoms with E-state index < -0.39 is 5.60 Å². The third-order valence-electron chi connectivity index (χ3n) is 2.62. The molecule has 13 heavy (non-hydrogen) atoms. The van der Waals surface area contributed by atoms with Crippen molar-refractivity contribution in [3.05, 3.63) is 0 Å². The van der Waals surface area contributed by atoms with Crippen LogP contribution in [0.1, 0.15) is 40.0 Å². The second kappa shape index (κ2) is 6.35. The van der Waals surface area contributed by atoms with Gasteiger partial charge in [0.1, 0.15) is 0 Å². The van der Waals surface area contributed by atoms with Crippen molar-refractivity contribution >= 4 is 0 Å². The first-order valence-corrected chi connectivity index (χ1v) is 5.19. The lowest BCUT2D eigenvalue weighted by Crippen LogP contribution is -2.41. The third kappa shape index (κ3) is 5.24. The van der Waals surface area contributed by atoms with Crippen molar-refractivity contribution in [2.45, 2.75) is 51.7 Å². The maximum atomic E-state index is 9.87. The van der Waals surface area contributed by atoms with Crippen LogP contribution in [-0.4, -0.2) is 35.0 Å². The lowest BCUT2D eigenvalue weighted by Gasteiger charge is -2.26. The number of aliphatic hydroxyl groups is 2. The maximum Gasteiger partial charge on any atom is 0.0766 e. The molecule has 0 amide bonds. The highest BCUT2D eigenvalue weighted by Crippen LogP contribution is 2.12. The fourth-order valence-electron chi connectivity index (χ4n) is 1.12. The van der Waals surface area contributed by atoms with Gasteiger partial charge in [-0.05, 0) is 19.3 Å². The summed E-state index contributed by atoms with van der Waals surface area (Å²) in [4.78, 5) is 0. The molecule has 3 nitrogen and oxygen atoms in total. The number of nitrogens with one attached hydrogen (secondary N) is 1. The second-order valence-electron chi connectivity index (χ2n) is 3.62. The quantitative estimate of drug-likeness (QED) is 0.557. The monoisotopic (exact) mass is 189 g/mol. The van der Waals surface area contributed by atoms with Crippen molar-refractivity contribution in [2.75, 3.05) is 13.1 Å². The molecule has 0 aromatic rings. The van der Waals surface area contributed by atoms with E-state index in [1.165, 1.54) is 0 Å². The van der Waals surface area contributed by atoms with Crippen LogP contribution in [0.5, 0.6) is 0 Å². The SMILES string of the molecule is CCC(O)CNCC(O)(CC)CC.